The van der Waals surface area contributed by atoms with E-state index in [1.807, 2.05) is 6.92 Å². The highest BCUT2D eigenvalue weighted by atomic mass is 32.2. The van der Waals surface area contributed by atoms with Crippen LogP contribution >= 0.6 is 0 Å². The summed E-state index contributed by atoms with van der Waals surface area (Å²) in [4.78, 5) is 11.1. The monoisotopic (exact) mass is 236 g/mol. The molecule has 0 aliphatic carbocycles. The zero-order chi connectivity index (χ0) is 11.9. The van der Waals surface area contributed by atoms with Crippen LogP contribution in [0.5, 0.6) is 0 Å². The minimum atomic E-state index is -3.24. The van der Waals surface area contributed by atoms with E-state index in [1.54, 1.807) is 13.8 Å². The Morgan fingerprint density at radius 2 is 1.87 bits per heavy atom. The molecule has 6 heteroatoms. The Balaban J connectivity index is 3.75. The highest BCUT2D eigenvalue weighted by Gasteiger charge is 2.14. The molecule has 0 aromatic carbocycles. The van der Waals surface area contributed by atoms with E-state index in [2.05, 4.69) is 10.0 Å². The van der Waals surface area contributed by atoms with Crippen molar-refractivity contribution in [2.24, 2.45) is 0 Å². The van der Waals surface area contributed by atoms with E-state index >= 15 is 0 Å². The van der Waals surface area contributed by atoms with E-state index in [9.17, 15) is 13.2 Å². The molecule has 90 valence electrons. The van der Waals surface area contributed by atoms with Gasteiger partial charge in [0.05, 0.1) is 5.25 Å². The first kappa shape index (κ1) is 14.4. The number of nitrogens with one attached hydrogen (secondary N) is 2. The average molecular weight is 236 g/mol. The van der Waals surface area contributed by atoms with Gasteiger partial charge in [0, 0.05) is 19.5 Å². The van der Waals surface area contributed by atoms with Crippen LogP contribution in [0.3, 0.4) is 0 Å². The van der Waals surface area contributed by atoms with Crippen molar-refractivity contribution in [1.29, 1.82) is 0 Å². The topological polar surface area (TPSA) is 75.3 Å². The van der Waals surface area contributed by atoms with Crippen LogP contribution in [0, 0.1) is 0 Å². The van der Waals surface area contributed by atoms with E-state index in [1.165, 1.54) is 0 Å². The highest BCUT2D eigenvalue weighted by molar-refractivity contribution is 7.90. The van der Waals surface area contributed by atoms with E-state index in [0.29, 0.717) is 6.54 Å². The van der Waals surface area contributed by atoms with Gasteiger partial charge in [0.2, 0.25) is 15.9 Å². The Kier molecular flexibility index (Phi) is 6.51. The third-order valence-corrected chi connectivity index (χ3v) is 3.70. The Morgan fingerprint density at radius 1 is 1.27 bits per heavy atom. The Labute approximate surface area is 91.7 Å². The predicted molar refractivity (Wildman–Crippen MR) is 60.0 cm³/mol. The number of rotatable bonds is 7. The van der Waals surface area contributed by atoms with E-state index in [0.717, 1.165) is 6.42 Å². The van der Waals surface area contributed by atoms with Crippen LogP contribution in [0.2, 0.25) is 0 Å². The van der Waals surface area contributed by atoms with Gasteiger partial charge in [-0.25, -0.2) is 13.1 Å². The molecular weight excluding hydrogens is 216 g/mol. The van der Waals surface area contributed by atoms with E-state index in [4.69, 9.17) is 0 Å². The summed E-state index contributed by atoms with van der Waals surface area (Å²) in [5.74, 6) is -0.122. The summed E-state index contributed by atoms with van der Waals surface area (Å²) >= 11 is 0. The zero-order valence-electron chi connectivity index (χ0n) is 9.54. The maximum absolute atomic E-state index is 11.3. The molecule has 15 heavy (non-hydrogen) atoms. The molecule has 0 heterocycles. The van der Waals surface area contributed by atoms with Crippen LogP contribution < -0.4 is 10.0 Å². The summed E-state index contributed by atoms with van der Waals surface area (Å²) in [5.41, 5.74) is 0. The predicted octanol–water partition coefficient (Wildman–Crippen LogP) is 0.231. The van der Waals surface area contributed by atoms with Crippen molar-refractivity contribution >= 4 is 15.9 Å². The number of hydrogen-bond donors (Lipinski definition) is 2. The second kappa shape index (κ2) is 6.79. The number of carbonyl (C=O) groups excluding carboxylic acids is 1. The molecule has 0 aliphatic heterocycles. The number of amides is 1. The summed E-state index contributed by atoms with van der Waals surface area (Å²) in [7, 11) is -3.24. The fraction of sp³-hybridized carbons (Fsp3) is 0.889. The zero-order valence-corrected chi connectivity index (χ0v) is 10.4. The first-order valence-corrected chi connectivity index (χ1v) is 6.70. The third-order valence-electron chi connectivity index (χ3n) is 1.85. The second-order valence-corrected chi connectivity index (χ2v) is 5.91. The van der Waals surface area contributed by atoms with Gasteiger partial charge in [-0.15, -0.1) is 0 Å². The van der Waals surface area contributed by atoms with Crippen LogP contribution in [-0.2, 0) is 14.8 Å². The fourth-order valence-electron chi connectivity index (χ4n) is 0.826. The fourth-order valence-corrected chi connectivity index (χ4v) is 1.55. The normalized spacial score (nSPS) is 11.7. The van der Waals surface area contributed by atoms with Gasteiger partial charge in [0.15, 0.2) is 0 Å². The van der Waals surface area contributed by atoms with E-state index in [-0.39, 0.29) is 18.9 Å². The lowest BCUT2D eigenvalue weighted by Crippen LogP contribution is -2.34. The van der Waals surface area contributed by atoms with Crippen molar-refractivity contribution in [3.8, 4) is 0 Å². The second-order valence-electron chi connectivity index (χ2n) is 3.59. The Hall–Kier alpha value is -0.620. The van der Waals surface area contributed by atoms with Gasteiger partial charge in [-0.05, 0) is 20.3 Å². The van der Waals surface area contributed by atoms with Crippen molar-refractivity contribution in [3.05, 3.63) is 0 Å². The number of sulfonamides is 1. The first-order valence-electron chi connectivity index (χ1n) is 5.15. The molecule has 0 saturated carbocycles. The van der Waals surface area contributed by atoms with Gasteiger partial charge in [0.1, 0.15) is 0 Å². The Bertz CT molecular complexity index is 286. The molecule has 0 spiro atoms. The van der Waals surface area contributed by atoms with Crippen molar-refractivity contribution in [2.75, 3.05) is 13.1 Å². The van der Waals surface area contributed by atoms with Crippen molar-refractivity contribution < 1.29 is 13.2 Å². The molecule has 0 rings (SSSR count). The van der Waals surface area contributed by atoms with Crippen LogP contribution in [0.1, 0.15) is 33.6 Å². The minimum Gasteiger partial charge on any atom is -0.356 e. The summed E-state index contributed by atoms with van der Waals surface area (Å²) < 4.78 is 24.9. The largest absolute Gasteiger partial charge is 0.356 e. The summed E-state index contributed by atoms with van der Waals surface area (Å²) in [6, 6.07) is 0. The summed E-state index contributed by atoms with van der Waals surface area (Å²) in [6.07, 6.45) is 1.06. The van der Waals surface area contributed by atoms with Gasteiger partial charge in [-0.2, -0.15) is 0 Å². The van der Waals surface area contributed by atoms with Crippen LogP contribution in [0.4, 0.5) is 0 Å². The van der Waals surface area contributed by atoms with Gasteiger partial charge >= 0.3 is 0 Å². The molecule has 5 nitrogen and oxygen atoms in total. The van der Waals surface area contributed by atoms with Crippen molar-refractivity contribution in [3.63, 3.8) is 0 Å². The van der Waals surface area contributed by atoms with Gasteiger partial charge in [-0.3, -0.25) is 4.79 Å². The summed E-state index contributed by atoms with van der Waals surface area (Å²) in [6.45, 7) is 5.95. The molecule has 1 amide bonds. The third kappa shape index (κ3) is 6.46. The van der Waals surface area contributed by atoms with E-state index < -0.39 is 15.3 Å². The van der Waals surface area contributed by atoms with Crippen LogP contribution in [-0.4, -0.2) is 32.7 Å². The first-order chi connectivity index (χ1) is 6.90. The molecule has 0 atom stereocenters. The Morgan fingerprint density at radius 3 is 2.33 bits per heavy atom. The molecular formula is C9H20N2O3S. The summed E-state index contributed by atoms with van der Waals surface area (Å²) in [5, 5.41) is 2.21. The standard InChI is InChI=1S/C9H20N2O3S/c1-4-6-10-9(12)5-7-11-15(13,14)8(2)3/h8,11H,4-7H2,1-3H3,(H,10,12). The quantitative estimate of drug-likeness (QED) is 0.664. The number of carbonyl (C=O) groups is 1. The molecule has 0 bridgehead atoms. The molecule has 2 N–H and O–H groups in total. The average Bonchev–Trinajstić information content (AvgIpc) is 2.14. The molecule has 0 saturated heterocycles. The minimum absolute atomic E-state index is 0.122. The lowest BCUT2D eigenvalue weighted by molar-refractivity contribution is -0.120. The molecule has 0 radical (unpaired) electrons. The van der Waals surface area contributed by atoms with Gasteiger partial charge < -0.3 is 5.32 Å². The lowest BCUT2D eigenvalue weighted by atomic mass is 10.4. The maximum atomic E-state index is 11.3. The maximum Gasteiger partial charge on any atom is 0.221 e. The SMILES string of the molecule is CCCNC(=O)CCNS(=O)(=O)C(C)C. The highest BCUT2D eigenvalue weighted by Crippen LogP contribution is 1.95. The molecule has 0 aromatic heterocycles. The van der Waals surface area contributed by atoms with Gasteiger partial charge in [-0.1, -0.05) is 6.92 Å². The smallest absolute Gasteiger partial charge is 0.221 e. The lowest BCUT2D eigenvalue weighted by Gasteiger charge is -2.09. The molecule has 0 unspecified atom stereocenters. The van der Waals surface area contributed by atoms with Gasteiger partial charge in [0.25, 0.3) is 0 Å². The number of hydrogen-bond acceptors (Lipinski definition) is 3. The molecule has 0 fully saturated rings. The molecule has 0 aromatic rings. The molecule has 0 aliphatic rings. The van der Waals surface area contributed by atoms with Crippen LogP contribution in [0.15, 0.2) is 0 Å². The van der Waals surface area contributed by atoms with Crippen molar-refractivity contribution in [2.45, 2.75) is 38.9 Å². The van der Waals surface area contributed by atoms with Crippen LogP contribution in [0.25, 0.3) is 0 Å². The van der Waals surface area contributed by atoms with Crippen molar-refractivity contribution in [1.82, 2.24) is 10.0 Å².